The summed E-state index contributed by atoms with van der Waals surface area (Å²) in [6.07, 6.45) is 2.45. The number of nitrogens with two attached hydrogens (primary N) is 1. The Kier molecular flexibility index (Phi) is 2.90. The van der Waals surface area contributed by atoms with Crippen LogP contribution in [-0.2, 0) is 0 Å². The number of nitrogen functional groups attached to an aromatic ring is 1. The standard InChI is InChI=1S/C12H17FN2O/c1-7(8-3-4-8)15-11-6-12(16-2)10(14)5-9(11)13/h5-8,15H,3-4,14H2,1-2H3. The molecule has 0 amide bonds. The molecule has 2 rings (SSSR count). The van der Waals surface area contributed by atoms with Crippen LogP contribution in [0, 0.1) is 11.7 Å². The van der Waals surface area contributed by atoms with E-state index in [9.17, 15) is 4.39 Å². The summed E-state index contributed by atoms with van der Waals surface area (Å²) in [4.78, 5) is 0. The minimum atomic E-state index is -0.328. The fourth-order valence-electron chi connectivity index (χ4n) is 1.82. The molecular weight excluding hydrogens is 207 g/mol. The van der Waals surface area contributed by atoms with E-state index in [-0.39, 0.29) is 5.82 Å². The average Bonchev–Trinajstić information content (AvgIpc) is 3.05. The summed E-state index contributed by atoms with van der Waals surface area (Å²) in [5, 5.41) is 3.16. The molecule has 88 valence electrons. The number of nitrogens with one attached hydrogen (secondary N) is 1. The largest absolute Gasteiger partial charge is 0.495 e. The topological polar surface area (TPSA) is 47.3 Å². The van der Waals surface area contributed by atoms with Gasteiger partial charge in [0.1, 0.15) is 11.6 Å². The quantitative estimate of drug-likeness (QED) is 0.773. The van der Waals surface area contributed by atoms with E-state index in [1.165, 1.54) is 26.0 Å². The molecule has 0 saturated heterocycles. The van der Waals surface area contributed by atoms with Gasteiger partial charge in [0, 0.05) is 18.2 Å². The molecule has 4 heteroatoms. The number of methoxy groups -OCH3 is 1. The Morgan fingerprint density at radius 1 is 1.50 bits per heavy atom. The predicted octanol–water partition coefficient (Wildman–Crippen LogP) is 2.63. The number of benzene rings is 1. The summed E-state index contributed by atoms with van der Waals surface area (Å²) in [6.45, 7) is 2.07. The first-order chi connectivity index (χ1) is 7.61. The number of ether oxygens (including phenoxy) is 1. The highest BCUT2D eigenvalue weighted by atomic mass is 19.1. The number of rotatable bonds is 4. The number of halogens is 1. The highest BCUT2D eigenvalue weighted by Gasteiger charge is 2.28. The molecule has 1 fully saturated rings. The molecule has 1 atom stereocenters. The van der Waals surface area contributed by atoms with Crippen LogP contribution in [0.3, 0.4) is 0 Å². The third kappa shape index (κ3) is 2.21. The van der Waals surface area contributed by atoms with Gasteiger partial charge in [0.15, 0.2) is 0 Å². The number of hydrogen-bond acceptors (Lipinski definition) is 3. The molecule has 1 unspecified atom stereocenters. The van der Waals surface area contributed by atoms with E-state index in [0.29, 0.717) is 29.1 Å². The summed E-state index contributed by atoms with van der Waals surface area (Å²) in [5.41, 5.74) is 6.40. The van der Waals surface area contributed by atoms with Crippen molar-refractivity contribution >= 4 is 11.4 Å². The van der Waals surface area contributed by atoms with Crippen LogP contribution in [0.4, 0.5) is 15.8 Å². The minimum absolute atomic E-state index is 0.294. The SMILES string of the molecule is COc1cc(NC(C)C2CC2)c(F)cc1N. The second kappa shape index (κ2) is 4.20. The van der Waals surface area contributed by atoms with Crippen molar-refractivity contribution in [3.63, 3.8) is 0 Å². The molecule has 0 aliphatic heterocycles. The molecule has 1 aliphatic carbocycles. The van der Waals surface area contributed by atoms with E-state index in [4.69, 9.17) is 10.5 Å². The molecule has 1 saturated carbocycles. The van der Waals surface area contributed by atoms with E-state index in [1.54, 1.807) is 6.07 Å². The smallest absolute Gasteiger partial charge is 0.148 e. The maximum Gasteiger partial charge on any atom is 0.148 e. The Hall–Kier alpha value is -1.45. The van der Waals surface area contributed by atoms with Gasteiger partial charge in [0.2, 0.25) is 0 Å². The van der Waals surface area contributed by atoms with Crippen LogP contribution >= 0.6 is 0 Å². The molecule has 0 aromatic heterocycles. The van der Waals surface area contributed by atoms with Crippen LogP contribution in [0.2, 0.25) is 0 Å². The second-order valence-corrected chi connectivity index (χ2v) is 4.34. The molecule has 0 bridgehead atoms. The third-order valence-electron chi connectivity index (χ3n) is 3.03. The van der Waals surface area contributed by atoms with Crippen LogP contribution < -0.4 is 15.8 Å². The Balaban J connectivity index is 2.18. The molecule has 3 N–H and O–H groups in total. The first-order valence-corrected chi connectivity index (χ1v) is 5.51. The Labute approximate surface area is 94.8 Å². The zero-order valence-corrected chi connectivity index (χ0v) is 9.59. The molecule has 0 spiro atoms. The summed E-state index contributed by atoms with van der Waals surface area (Å²) >= 11 is 0. The molecule has 1 aromatic rings. The lowest BCUT2D eigenvalue weighted by molar-refractivity contribution is 0.416. The Morgan fingerprint density at radius 2 is 2.19 bits per heavy atom. The highest BCUT2D eigenvalue weighted by Crippen LogP contribution is 2.35. The first kappa shape index (κ1) is 11.0. The zero-order chi connectivity index (χ0) is 11.7. The van der Waals surface area contributed by atoms with Crippen LogP contribution in [0.15, 0.2) is 12.1 Å². The molecule has 0 heterocycles. The summed E-state index contributed by atoms with van der Waals surface area (Å²) in [7, 11) is 1.53. The van der Waals surface area contributed by atoms with Gasteiger partial charge in [-0.15, -0.1) is 0 Å². The van der Waals surface area contributed by atoms with E-state index >= 15 is 0 Å². The van der Waals surface area contributed by atoms with Crippen molar-refractivity contribution in [3.8, 4) is 5.75 Å². The van der Waals surface area contributed by atoms with Gasteiger partial charge >= 0.3 is 0 Å². The van der Waals surface area contributed by atoms with Gasteiger partial charge in [-0.2, -0.15) is 0 Å². The highest BCUT2D eigenvalue weighted by molar-refractivity contribution is 5.62. The average molecular weight is 224 g/mol. The zero-order valence-electron chi connectivity index (χ0n) is 9.59. The van der Waals surface area contributed by atoms with Crippen LogP contribution in [0.25, 0.3) is 0 Å². The maximum absolute atomic E-state index is 13.6. The molecule has 1 aromatic carbocycles. The lowest BCUT2D eigenvalue weighted by atomic mass is 10.2. The van der Waals surface area contributed by atoms with Crippen molar-refractivity contribution < 1.29 is 9.13 Å². The minimum Gasteiger partial charge on any atom is -0.495 e. The van der Waals surface area contributed by atoms with Gasteiger partial charge in [-0.25, -0.2) is 4.39 Å². The first-order valence-electron chi connectivity index (χ1n) is 5.51. The van der Waals surface area contributed by atoms with E-state index in [0.717, 1.165) is 0 Å². The van der Waals surface area contributed by atoms with Crippen LogP contribution in [0.1, 0.15) is 19.8 Å². The van der Waals surface area contributed by atoms with Crippen molar-refractivity contribution in [2.24, 2.45) is 5.92 Å². The fraction of sp³-hybridized carbons (Fsp3) is 0.500. The van der Waals surface area contributed by atoms with Gasteiger partial charge in [-0.1, -0.05) is 0 Å². The second-order valence-electron chi connectivity index (χ2n) is 4.34. The van der Waals surface area contributed by atoms with Gasteiger partial charge in [0.05, 0.1) is 18.5 Å². The van der Waals surface area contributed by atoms with Crippen molar-refractivity contribution in [3.05, 3.63) is 17.9 Å². The summed E-state index contributed by atoms with van der Waals surface area (Å²) < 4.78 is 18.7. The van der Waals surface area contributed by atoms with E-state index in [1.807, 2.05) is 0 Å². The lowest BCUT2D eigenvalue weighted by Gasteiger charge is -2.16. The van der Waals surface area contributed by atoms with Crippen molar-refractivity contribution in [2.45, 2.75) is 25.8 Å². The summed E-state index contributed by atoms with van der Waals surface area (Å²) in [5.74, 6) is 0.848. The van der Waals surface area contributed by atoms with Crippen LogP contribution in [0.5, 0.6) is 5.75 Å². The molecule has 16 heavy (non-hydrogen) atoms. The Bertz CT molecular complexity index is 391. The van der Waals surface area contributed by atoms with Crippen molar-refractivity contribution in [1.29, 1.82) is 0 Å². The maximum atomic E-state index is 13.6. The molecule has 3 nitrogen and oxygen atoms in total. The van der Waals surface area contributed by atoms with Gasteiger partial charge in [-0.3, -0.25) is 0 Å². The lowest BCUT2D eigenvalue weighted by Crippen LogP contribution is -2.18. The van der Waals surface area contributed by atoms with Crippen molar-refractivity contribution in [2.75, 3.05) is 18.2 Å². The third-order valence-corrected chi connectivity index (χ3v) is 3.03. The van der Waals surface area contributed by atoms with Crippen LogP contribution in [-0.4, -0.2) is 13.2 Å². The van der Waals surface area contributed by atoms with E-state index in [2.05, 4.69) is 12.2 Å². The van der Waals surface area contributed by atoms with Gasteiger partial charge in [0.25, 0.3) is 0 Å². The molecule has 1 aliphatic rings. The van der Waals surface area contributed by atoms with Gasteiger partial charge in [-0.05, 0) is 25.7 Å². The normalized spacial score (nSPS) is 16.9. The fourth-order valence-corrected chi connectivity index (χ4v) is 1.82. The van der Waals surface area contributed by atoms with E-state index < -0.39 is 0 Å². The Morgan fingerprint density at radius 3 is 2.75 bits per heavy atom. The monoisotopic (exact) mass is 224 g/mol. The number of anilines is 2. The van der Waals surface area contributed by atoms with Crippen molar-refractivity contribution in [1.82, 2.24) is 0 Å². The summed E-state index contributed by atoms with van der Waals surface area (Å²) in [6, 6.07) is 3.20. The predicted molar refractivity (Wildman–Crippen MR) is 63.2 cm³/mol. The number of hydrogen-bond donors (Lipinski definition) is 2. The molecule has 0 radical (unpaired) electrons. The molecular formula is C12H17FN2O. The van der Waals surface area contributed by atoms with Gasteiger partial charge < -0.3 is 15.8 Å².